The van der Waals surface area contributed by atoms with Crippen LogP contribution in [0, 0.1) is 17.1 Å². The summed E-state index contributed by atoms with van der Waals surface area (Å²) in [6.07, 6.45) is 2.14. The molecule has 10 heteroatoms. The van der Waals surface area contributed by atoms with Gasteiger partial charge in [0.1, 0.15) is 17.3 Å². The van der Waals surface area contributed by atoms with Crippen molar-refractivity contribution in [2.24, 2.45) is 5.73 Å². The van der Waals surface area contributed by atoms with Gasteiger partial charge >= 0.3 is 0 Å². The van der Waals surface area contributed by atoms with E-state index in [1.165, 1.54) is 10.1 Å². The number of primary amides is 1. The van der Waals surface area contributed by atoms with Crippen molar-refractivity contribution < 1.29 is 9.18 Å². The van der Waals surface area contributed by atoms with Gasteiger partial charge in [0.25, 0.3) is 0 Å². The zero-order valence-electron chi connectivity index (χ0n) is 19.4. The minimum atomic E-state index is -0.444. The van der Waals surface area contributed by atoms with Crippen molar-refractivity contribution in [3.8, 4) is 6.07 Å². The van der Waals surface area contributed by atoms with Crippen molar-refractivity contribution in [2.75, 3.05) is 31.1 Å². The van der Waals surface area contributed by atoms with Crippen molar-refractivity contribution >= 4 is 28.0 Å². The highest BCUT2D eigenvalue weighted by atomic mass is 19.1. The number of nitrogens with zero attached hydrogens (tertiary/aromatic N) is 7. The molecule has 0 saturated carbocycles. The Bertz CT molecular complexity index is 1520. The maximum Gasteiger partial charge on any atom is 0.231 e. The largest absolute Gasteiger partial charge is 0.369 e. The molecule has 6 rings (SSSR count). The first-order valence-electron chi connectivity index (χ1n) is 11.8. The Hall–Kier alpha value is -3.97. The highest BCUT2D eigenvalue weighted by molar-refractivity contribution is 5.84. The van der Waals surface area contributed by atoms with Gasteiger partial charge in [-0.3, -0.25) is 14.4 Å². The highest BCUT2D eigenvalue weighted by Gasteiger charge is 2.29. The second-order valence-corrected chi connectivity index (χ2v) is 9.55. The van der Waals surface area contributed by atoms with Crippen LogP contribution in [0.5, 0.6) is 0 Å². The van der Waals surface area contributed by atoms with E-state index in [-0.39, 0.29) is 11.9 Å². The predicted molar refractivity (Wildman–Crippen MR) is 128 cm³/mol. The molecule has 0 spiro atoms. The Labute approximate surface area is 201 Å². The van der Waals surface area contributed by atoms with Crippen LogP contribution in [-0.4, -0.2) is 56.4 Å². The van der Waals surface area contributed by atoms with Gasteiger partial charge in [0.05, 0.1) is 42.2 Å². The van der Waals surface area contributed by atoms with Gasteiger partial charge in [-0.25, -0.2) is 8.91 Å². The zero-order chi connectivity index (χ0) is 24.3. The van der Waals surface area contributed by atoms with Gasteiger partial charge in [0.15, 0.2) is 5.82 Å². The molecule has 178 valence electrons. The van der Waals surface area contributed by atoms with Crippen LogP contribution in [0.25, 0.3) is 16.4 Å². The minimum Gasteiger partial charge on any atom is -0.369 e. The van der Waals surface area contributed by atoms with E-state index >= 15 is 0 Å². The molecule has 5 heterocycles. The molecular weight excluding hydrogens is 447 g/mol. The normalized spacial score (nSPS) is 20.4. The smallest absolute Gasteiger partial charge is 0.231 e. The van der Waals surface area contributed by atoms with Gasteiger partial charge in [-0.15, -0.1) is 0 Å². The number of carbonyl (C=O) groups is 1. The fourth-order valence-corrected chi connectivity index (χ4v) is 5.63. The molecule has 4 aromatic rings. The van der Waals surface area contributed by atoms with E-state index < -0.39 is 5.82 Å². The van der Waals surface area contributed by atoms with Crippen LogP contribution in [0.3, 0.4) is 0 Å². The second kappa shape index (κ2) is 8.06. The molecule has 2 N–H and O–H groups in total. The number of benzene rings is 1. The number of rotatable bonds is 4. The monoisotopic (exact) mass is 472 g/mol. The van der Waals surface area contributed by atoms with E-state index in [1.54, 1.807) is 12.1 Å². The number of fused-ring (bicyclic) bond motifs is 4. The third-order valence-electron chi connectivity index (χ3n) is 7.24. The van der Waals surface area contributed by atoms with Crippen LogP contribution >= 0.6 is 0 Å². The number of halogens is 1. The van der Waals surface area contributed by atoms with Crippen LogP contribution in [0.15, 0.2) is 36.5 Å². The van der Waals surface area contributed by atoms with Gasteiger partial charge in [0.2, 0.25) is 5.91 Å². The van der Waals surface area contributed by atoms with Crippen molar-refractivity contribution in [1.29, 1.82) is 5.26 Å². The molecule has 9 nitrogen and oxygen atoms in total. The fraction of sp³-hybridized carbons (Fsp3) is 0.360. The van der Waals surface area contributed by atoms with Crippen molar-refractivity contribution in [3.05, 3.63) is 59.3 Å². The van der Waals surface area contributed by atoms with E-state index in [0.29, 0.717) is 42.5 Å². The van der Waals surface area contributed by atoms with E-state index in [0.717, 1.165) is 42.3 Å². The Kier molecular flexibility index (Phi) is 4.96. The molecular formula is C25H25FN8O. The van der Waals surface area contributed by atoms with Crippen molar-refractivity contribution in [3.63, 3.8) is 0 Å². The summed E-state index contributed by atoms with van der Waals surface area (Å²) in [7, 11) is 0. The Balaban J connectivity index is 1.34. The van der Waals surface area contributed by atoms with E-state index in [2.05, 4.69) is 50.8 Å². The van der Waals surface area contributed by atoms with Gasteiger partial charge in [-0.1, -0.05) is 12.1 Å². The number of hydrogen-bond acceptors (Lipinski definition) is 6. The molecule has 2 atom stereocenters. The molecule has 3 aromatic heterocycles. The average Bonchev–Trinajstić information content (AvgIpc) is 3.55. The topological polar surface area (TPSA) is 108 Å². The number of likely N-dealkylation sites (tertiary alicyclic amines) is 1. The number of carbonyl (C=O) groups excluding carboxylic acids is 1. The summed E-state index contributed by atoms with van der Waals surface area (Å²) in [6, 6.07) is 12.1. The predicted octanol–water partition coefficient (Wildman–Crippen LogP) is 2.55. The lowest BCUT2D eigenvalue weighted by Crippen LogP contribution is -2.36. The summed E-state index contributed by atoms with van der Waals surface area (Å²) in [4.78, 5) is 15.5. The molecule has 1 amide bonds. The molecule has 1 aromatic carbocycles. The summed E-state index contributed by atoms with van der Waals surface area (Å²) in [5.74, 6) is -0.389. The number of nitrogens with two attached hydrogens (primary N) is 1. The molecule has 0 aliphatic carbocycles. The maximum atomic E-state index is 14.7. The first-order valence-corrected chi connectivity index (χ1v) is 11.8. The number of pyridine rings is 1. The third kappa shape index (κ3) is 3.51. The number of hydrogen-bond donors (Lipinski definition) is 1. The minimum absolute atomic E-state index is 0.0776. The Morgan fingerprint density at radius 1 is 1.29 bits per heavy atom. The molecule has 1 saturated heterocycles. The van der Waals surface area contributed by atoms with E-state index in [4.69, 9.17) is 10.8 Å². The molecule has 1 unspecified atom stereocenters. The van der Waals surface area contributed by atoms with Gasteiger partial charge in [-0.2, -0.15) is 15.5 Å². The molecule has 2 aliphatic heterocycles. The van der Waals surface area contributed by atoms with Gasteiger partial charge < -0.3 is 10.6 Å². The van der Waals surface area contributed by atoms with Crippen LogP contribution in [0.4, 0.5) is 10.1 Å². The van der Waals surface area contributed by atoms with E-state index in [1.807, 2.05) is 0 Å². The van der Waals surface area contributed by atoms with Crippen molar-refractivity contribution in [2.45, 2.75) is 31.8 Å². The molecule has 1 fully saturated rings. The quantitative estimate of drug-likeness (QED) is 0.489. The zero-order valence-corrected chi connectivity index (χ0v) is 19.4. The average molecular weight is 473 g/mol. The summed E-state index contributed by atoms with van der Waals surface area (Å²) >= 11 is 0. The van der Waals surface area contributed by atoms with Crippen LogP contribution in [-0.2, 0) is 11.3 Å². The maximum absolute atomic E-state index is 14.7. The lowest BCUT2D eigenvalue weighted by atomic mass is 9.97. The molecule has 2 aliphatic rings. The van der Waals surface area contributed by atoms with Crippen molar-refractivity contribution in [1.82, 2.24) is 24.3 Å². The summed E-state index contributed by atoms with van der Waals surface area (Å²) < 4.78 is 18.1. The summed E-state index contributed by atoms with van der Waals surface area (Å²) in [5, 5.41) is 19.4. The molecule has 0 bridgehead atoms. The number of anilines is 1. The van der Waals surface area contributed by atoms with E-state index in [9.17, 15) is 14.4 Å². The first kappa shape index (κ1) is 21.6. The second-order valence-electron chi connectivity index (χ2n) is 9.55. The number of nitriles is 1. The number of aromatic nitrogens is 4. The highest BCUT2D eigenvalue weighted by Crippen LogP contribution is 2.35. The Morgan fingerprint density at radius 3 is 2.94 bits per heavy atom. The SMILES string of the molecule is C[C@@H]1CN(c2ccc(C#N)n3ncc(F)c23)Cc2c3ccc(C4CCN(CC(N)=O)C4)cc3nn21. The molecule has 35 heavy (non-hydrogen) atoms. The van der Waals surface area contributed by atoms with Gasteiger partial charge in [-0.05, 0) is 49.6 Å². The lowest BCUT2D eigenvalue weighted by Gasteiger charge is -2.34. The lowest BCUT2D eigenvalue weighted by molar-refractivity contribution is -0.118. The third-order valence-corrected chi connectivity index (χ3v) is 7.24. The Morgan fingerprint density at radius 2 is 2.14 bits per heavy atom. The standard InChI is InChI=1S/C25H25FN8O/c1-15-11-32(22-5-3-18(9-27)34-25(22)20(26)10-29-34)13-23-19-4-2-16(8-21(19)30-33(15)23)17-6-7-31(12-17)14-24(28)35/h2-5,8,10,15,17H,6-7,11-14H2,1H3,(H2,28,35)/t15-,17?/m1/s1. The van der Waals surface area contributed by atoms with Crippen LogP contribution < -0.4 is 10.6 Å². The summed E-state index contributed by atoms with van der Waals surface area (Å²) in [6.45, 7) is 5.31. The molecule has 0 radical (unpaired) electrons. The fourth-order valence-electron chi connectivity index (χ4n) is 5.63. The van der Waals surface area contributed by atoms with Gasteiger partial charge in [0, 0.05) is 18.5 Å². The first-order chi connectivity index (χ1) is 16.9. The van der Waals surface area contributed by atoms with Crippen LogP contribution in [0.2, 0.25) is 0 Å². The van der Waals surface area contributed by atoms with Crippen LogP contribution in [0.1, 0.15) is 42.3 Å². The number of amides is 1. The summed E-state index contributed by atoms with van der Waals surface area (Å²) in [5.41, 5.74) is 9.93.